The van der Waals surface area contributed by atoms with E-state index in [2.05, 4.69) is 4.98 Å². The largest absolute Gasteiger partial charge is 0.385 e. The van der Waals surface area contributed by atoms with Gasteiger partial charge in [-0.2, -0.15) is 5.26 Å². The first-order chi connectivity index (χ1) is 6.19. The summed E-state index contributed by atoms with van der Waals surface area (Å²) in [6.45, 7) is 2.28. The molecule has 0 aromatic carbocycles. The molecule has 70 valence electrons. The second-order valence-electron chi connectivity index (χ2n) is 2.64. The highest BCUT2D eigenvalue weighted by molar-refractivity contribution is 7.11. The molecule has 3 N–H and O–H groups in total. The van der Waals surface area contributed by atoms with Crippen LogP contribution in [0.1, 0.15) is 28.1 Å². The van der Waals surface area contributed by atoms with Crippen LogP contribution in [0.15, 0.2) is 0 Å². The predicted molar refractivity (Wildman–Crippen MR) is 49.9 cm³/mol. The van der Waals surface area contributed by atoms with Gasteiger partial charge in [-0.05, 0) is 6.92 Å². The maximum Gasteiger partial charge on any atom is 0.123 e. The van der Waals surface area contributed by atoms with Gasteiger partial charge in [0.05, 0.1) is 18.2 Å². The molecule has 4 nitrogen and oxygen atoms in total. The van der Waals surface area contributed by atoms with Crippen LogP contribution in [0.5, 0.6) is 0 Å². The van der Waals surface area contributed by atoms with E-state index in [1.165, 1.54) is 11.3 Å². The van der Waals surface area contributed by atoms with Crippen LogP contribution in [0.4, 0.5) is 0 Å². The maximum atomic E-state index is 9.44. The van der Waals surface area contributed by atoms with Crippen LogP contribution < -0.4 is 5.73 Å². The van der Waals surface area contributed by atoms with Crippen molar-refractivity contribution in [1.29, 1.82) is 5.26 Å². The molecule has 1 unspecified atom stereocenters. The molecule has 0 aliphatic heterocycles. The Labute approximate surface area is 80.6 Å². The molecule has 0 bridgehead atoms. The second kappa shape index (κ2) is 4.33. The van der Waals surface area contributed by atoms with Gasteiger partial charge in [-0.15, -0.1) is 11.3 Å². The van der Waals surface area contributed by atoms with Crippen LogP contribution in [0.25, 0.3) is 0 Å². The molecule has 1 heterocycles. The third kappa shape index (κ3) is 2.25. The smallest absolute Gasteiger partial charge is 0.123 e. The Bertz CT molecular complexity index is 329. The van der Waals surface area contributed by atoms with E-state index in [-0.39, 0.29) is 6.42 Å². The summed E-state index contributed by atoms with van der Waals surface area (Å²) in [5.74, 6) is 0. The number of aliphatic hydroxyl groups excluding tert-OH is 1. The van der Waals surface area contributed by atoms with Crippen molar-refractivity contribution in [2.75, 3.05) is 0 Å². The Kier molecular flexibility index (Phi) is 3.37. The minimum atomic E-state index is -0.769. The van der Waals surface area contributed by atoms with Gasteiger partial charge in [0.25, 0.3) is 0 Å². The lowest BCUT2D eigenvalue weighted by molar-refractivity contribution is 0.183. The van der Waals surface area contributed by atoms with Crippen LogP contribution in [0.2, 0.25) is 0 Å². The fourth-order valence-corrected chi connectivity index (χ4v) is 1.89. The van der Waals surface area contributed by atoms with Gasteiger partial charge in [0, 0.05) is 11.4 Å². The molecular formula is C8H11N3OS. The summed E-state index contributed by atoms with van der Waals surface area (Å²) in [4.78, 5) is 5.10. The van der Waals surface area contributed by atoms with E-state index in [1.807, 2.05) is 13.0 Å². The summed E-state index contributed by atoms with van der Waals surface area (Å²) >= 11 is 1.37. The topological polar surface area (TPSA) is 82.9 Å². The zero-order valence-corrected chi connectivity index (χ0v) is 8.14. The lowest BCUT2D eigenvalue weighted by Gasteiger charge is -1.98. The van der Waals surface area contributed by atoms with Gasteiger partial charge >= 0.3 is 0 Å². The zero-order valence-electron chi connectivity index (χ0n) is 7.32. The third-order valence-electron chi connectivity index (χ3n) is 1.66. The van der Waals surface area contributed by atoms with Crippen molar-refractivity contribution in [3.8, 4) is 6.07 Å². The molecule has 0 aliphatic rings. The number of nitrogens with zero attached hydrogens (tertiary/aromatic N) is 2. The monoisotopic (exact) mass is 197 g/mol. The van der Waals surface area contributed by atoms with Crippen LogP contribution in [-0.4, -0.2) is 10.1 Å². The summed E-state index contributed by atoms with van der Waals surface area (Å²) in [5.41, 5.74) is 6.31. The number of nitriles is 1. The van der Waals surface area contributed by atoms with E-state index in [0.29, 0.717) is 11.6 Å². The van der Waals surface area contributed by atoms with E-state index in [0.717, 1.165) is 10.6 Å². The molecule has 0 fully saturated rings. The van der Waals surface area contributed by atoms with Crippen molar-refractivity contribution in [2.24, 2.45) is 5.73 Å². The van der Waals surface area contributed by atoms with Gasteiger partial charge in [0.1, 0.15) is 11.1 Å². The number of aromatic nitrogens is 1. The molecule has 13 heavy (non-hydrogen) atoms. The fraction of sp³-hybridized carbons (Fsp3) is 0.500. The van der Waals surface area contributed by atoms with E-state index in [9.17, 15) is 5.11 Å². The Morgan fingerprint density at radius 2 is 2.46 bits per heavy atom. The minimum Gasteiger partial charge on any atom is -0.385 e. The Morgan fingerprint density at radius 3 is 2.92 bits per heavy atom. The molecule has 0 amide bonds. The molecule has 0 aliphatic carbocycles. The Morgan fingerprint density at radius 1 is 1.77 bits per heavy atom. The van der Waals surface area contributed by atoms with Gasteiger partial charge < -0.3 is 10.8 Å². The zero-order chi connectivity index (χ0) is 9.84. The standard InChI is InChI=1S/C8H11N3OS/c1-5-7(4-10)13-8(11-5)6(12)2-3-9/h6,12H,2,4,10H2,1H3. The van der Waals surface area contributed by atoms with Crippen molar-refractivity contribution >= 4 is 11.3 Å². The van der Waals surface area contributed by atoms with Crippen molar-refractivity contribution in [3.63, 3.8) is 0 Å². The van der Waals surface area contributed by atoms with Crippen molar-refractivity contribution in [1.82, 2.24) is 4.98 Å². The van der Waals surface area contributed by atoms with Gasteiger partial charge in [-0.3, -0.25) is 0 Å². The summed E-state index contributed by atoms with van der Waals surface area (Å²) in [7, 11) is 0. The molecular weight excluding hydrogens is 186 g/mol. The molecule has 0 radical (unpaired) electrons. The Hall–Kier alpha value is -0.960. The first-order valence-corrected chi connectivity index (χ1v) is 4.72. The van der Waals surface area contributed by atoms with Crippen LogP contribution >= 0.6 is 11.3 Å². The lowest BCUT2D eigenvalue weighted by atomic mass is 10.3. The quantitative estimate of drug-likeness (QED) is 0.752. The molecule has 5 heteroatoms. The second-order valence-corrected chi connectivity index (χ2v) is 3.76. The van der Waals surface area contributed by atoms with Crippen LogP contribution in [0.3, 0.4) is 0 Å². The van der Waals surface area contributed by atoms with Gasteiger partial charge in [0.2, 0.25) is 0 Å². The molecule has 1 rings (SSSR count). The van der Waals surface area contributed by atoms with Gasteiger partial charge in [0.15, 0.2) is 0 Å². The molecule has 1 aromatic heterocycles. The number of hydrogen-bond donors (Lipinski definition) is 2. The van der Waals surface area contributed by atoms with Crippen LogP contribution in [-0.2, 0) is 6.54 Å². The molecule has 0 saturated carbocycles. The van der Waals surface area contributed by atoms with E-state index in [4.69, 9.17) is 11.0 Å². The average Bonchev–Trinajstić information content (AvgIpc) is 2.47. The summed E-state index contributed by atoms with van der Waals surface area (Å²) < 4.78 is 0. The predicted octanol–water partition coefficient (Wildman–Crippen LogP) is 0.857. The number of rotatable bonds is 3. The first-order valence-electron chi connectivity index (χ1n) is 3.90. The SMILES string of the molecule is Cc1nc(C(O)CC#N)sc1CN. The molecule has 0 saturated heterocycles. The summed E-state index contributed by atoms with van der Waals surface area (Å²) in [6, 6.07) is 1.90. The normalized spacial score (nSPS) is 12.5. The lowest BCUT2D eigenvalue weighted by Crippen LogP contribution is -1.94. The number of aliphatic hydroxyl groups is 1. The van der Waals surface area contributed by atoms with Crippen molar-refractivity contribution in [3.05, 3.63) is 15.6 Å². The molecule has 0 spiro atoms. The van der Waals surface area contributed by atoms with E-state index in [1.54, 1.807) is 0 Å². The third-order valence-corrected chi connectivity index (χ3v) is 2.95. The first kappa shape index (κ1) is 10.1. The average molecular weight is 197 g/mol. The maximum absolute atomic E-state index is 9.44. The number of aryl methyl sites for hydroxylation is 1. The summed E-state index contributed by atoms with van der Waals surface area (Å²) in [5, 5.41) is 18.4. The summed E-state index contributed by atoms with van der Waals surface area (Å²) in [6.07, 6.45) is -0.689. The fourth-order valence-electron chi connectivity index (χ4n) is 0.956. The van der Waals surface area contributed by atoms with E-state index < -0.39 is 6.10 Å². The minimum absolute atomic E-state index is 0.0803. The van der Waals surface area contributed by atoms with Gasteiger partial charge in [-0.1, -0.05) is 0 Å². The molecule has 1 aromatic rings. The number of thiazole rings is 1. The van der Waals surface area contributed by atoms with Crippen LogP contribution in [0, 0.1) is 18.3 Å². The Balaban J connectivity index is 2.85. The van der Waals surface area contributed by atoms with Crippen molar-refractivity contribution < 1.29 is 5.11 Å². The number of hydrogen-bond acceptors (Lipinski definition) is 5. The van der Waals surface area contributed by atoms with Crippen molar-refractivity contribution in [2.45, 2.75) is 26.0 Å². The highest BCUT2D eigenvalue weighted by Crippen LogP contribution is 2.24. The van der Waals surface area contributed by atoms with E-state index >= 15 is 0 Å². The van der Waals surface area contributed by atoms with Gasteiger partial charge in [-0.25, -0.2) is 4.98 Å². The highest BCUT2D eigenvalue weighted by atomic mass is 32.1. The molecule has 1 atom stereocenters. The number of nitrogens with two attached hydrogens (primary N) is 1. The highest BCUT2D eigenvalue weighted by Gasteiger charge is 2.13.